The summed E-state index contributed by atoms with van der Waals surface area (Å²) in [4.78, 5) is 11.6. The number of nitrogens with two attached hydrogens (primary N) is 1. The van der Waals surface area contributed by atoms with Gasteiger partial charge in [-0.05, 0) is 24.9 Å². The highest BCUT2D eigenvalue weighted by molar-refractivity contribution is 7.98. The Labute approximate surface area is 135 Å². The number of thioether (sulfide) groups is 1. The Balaban J connectivity index is 3.23. The lowest BCUT2D eigenvalue weighted by Crippen LogP contribution is -2.33. The van der Waals surface area contributed by atoms with Crippen molar-refractivity contribution in [1.29, 1.82) is 0 Å². The maximum atomic E-state index is 11.6. The average molecular weight is 318 g/mol. The van der Waals surface area contributed by atoms with Crippen LogP contribution in [0.15, 0.2) is 0 Å². The van der Waals surface area contributed by atoms with Gasteiger partial charge in [-0.3, -0.25) is 4.79 Å². The zero-order chi connectivity index (χ0) is 15.8. The van der Waals surface area contributed by atoms with Crippen LogP contribution in [-0.2, 0) is 9.53 Å². The molecule has 0 aliphatic carbocycles. The molecule has 0 aromatic carbocycles. The first-order chi connectivity index (χ1) is 10.2. The number of esters is 1. The van der Waals surface area contributed by atoms with E-state index in [-0.39, 0.29) is 5.97 Å². The molecule has 0 amide bonds. The summed E-state index contributed by atoms with van der Waals surface area (Å²) in [6.45, 7) is 2.78. The molecule has 0 unspecified atom stereocenters. The van der Waals surface area contributed by atoms with Gasteiger partial charge >= 0.3 is 5.97 Å². The maximum Gasteiger partial charge on any atom is 0.322 e. The van der Waals surface area contributed by atoms with Crippen molar-refractivity contribution in [1.82, 2.24) is 0 Å². The molecule has 2 N–H and O–H groups in total. The van der Waals surface area contributed by atoms with E-state index in [4.69, 9.17) is 10.5 Å². The van der Waals surface area contributed by atoms with Crippen molar-refractivity contribution in [3.05, 3.63) is 0 Å². The molecule has 0 aliphatic heterocycles. The molecular formula is C17H35NO2S. The van der Waals surface area contributed by atoms with Gasteiger partial charge in [0.2, 0.25) is 0 Å². The van der Waals surface area contributed by atoms with Crippen molar-refractivity contribution in [2.45, 2.75) is 83.6 Å². The predicted octanol–water partition coefficient (Wildman–Crippen LogP) is 4.53. The fourth-order valence-electron chi connectivity index (χ4n) is 2.23. The summed E-state index contributed by atoms with van der Waals surface area (Å²) < 4.78 is 5.20. The summed E-state index contributed by atoms with van der Waals surface area (Å²) in [5.41, 5.74) is 5.75. The zero-order valence-corrected chi connectivity index (χ0v) is 14.9. The SMILES string of the molecule is CCCCCCCCCCCCOC(=O)[C@H](N)CCSC. The summed E-state index contributed by atoms with van der Waals surface area (Å²) in [7, 11) is 0. The molecule has 0 saturated carbocycles. The molecule has 0 rings (SSSR count). The minimum atomic E-state index is -0.444. The molecule has 0 aliphatic rings. The van der Waals surface area contributed by atoms with E-state index in [0.717, 1.165) is 18.6 Å². The largest absolute Gasteiger partial charge is 0.465 e. The van der Waals surface area contributed by atoms with Crippen LogP contribution in [0.3, 0.4) is 0 Å². The maximum absolute atomic E-state index is 11.6. The van der Waals surface area contributed by atoms with Gasteiger partial charge in [0.25, 0.3) is 0 Å². The number of ether oxygens (including phenoxy) is 1. The van der Waals surface area contributed by atoms with Crippen LogP contribution in [0.2, 0.25) is 0 Å². The Bertz CT molecular complexity index is 237. The number of hydrogen-bond acceptors (Lipinski definition) is 4. The Kier molecular flexibility index (Phi) is 16.0. The summed E-state index contributed by atoms with van der Waals surface area (Å²) in [5, 5.41) is 0. The Morgan fingerprint density at radius 1 is 1.00 bits per heavy atom. The fourth-order valence-corrected chi connectivity index (χ4v) is 2.72. The molecule has 0 bridgehead atoms. The van der Waals surface area contributed by atoms with Gasteiger partial charge in [0.15, 0.2) is 0 Å². The Morgan fingerprint density at radius 3 is 2.05 bits per heavy atom. The van der Waals surface area contributed by atoms with Crippen LogP contribution in [0.4, 0.5) is 0 Å². The number of rotatable bonds is 15. The molecule has 3 nitrogen and oxygen atoms in total. The number of hydrogen-bond donors (Lipinski definition) is 1. The quantitative estimate of drug-likeness (QED) is 0.356. The molecule has 0 aromatic heterocycles. The lowest BCUT2D eigenvalue weighted by molar-refractivity contribution is -0.145. The number of unbranched alkanes of at least 4 members (excludes halogenated alkanes) is 9. The fraction of sp³-hybridized carbons (Fsp3) is 0.941. The summed E-state index contributed by atoms with van der Waals surface area (Å²) in [5.74, 6) is 0.675. The average Bonchev–Trinajstić information content (AvgIpc) is 2.49. The van der Waals surface area contributed by atoms with Crippen molar-refractivity contribution in [3.8, 4) is 0 Å². The molecule has 126 valence electrons. The molecule has 21 heavy (non-hydrogen) atoms. The van der Waals surface area contributed by atoms with E-state index in [1.54, 1.807) is 11.8 Å². The highest BCUT2D eigenvalue weighted by atomic mass is 32.2. The van der Waals surface area contributed by atoms with E-state index in [1.807, 2.05) is 6.26 Å². The summed E-state index contributed by atoms with van der Waals surface area (Å²) in [6.07, 6.45) is 15.6. The molecule has 4 heteroatoms. The first-order valence-electron chi connectivity index (χ1n) is 8.63. The van der Waals surface area contributed by atoms with Crippen molar-refractivity contribution in [3.63, 3.8) is 0 Å². The van der Waals surface area contributed by atoms with Crippen LogP contribution in [0.25, 0.3) is 0 Å². The molecule has 1 atom stereocenters. The van der Waals surface area contributed by atoms with Gasteiger partial charge in [-0.2, -0.15) is 11.8 Å². The first kappa shape index (κ1) is 20.8. The van der Waals surface area contributed by atoms with Crippen LogP contribution >= 0.6 is 11.8 Å². The van der Waals surface area contributed by atoms with E-state index < -0.39 is 6.04 Å². The molecule has 0 radical (unpaired) electrons. The van der Waals surface area contributed by atoms with Crippen molar-refractivity contribution in [2.24, 2.45) is 5.73 Å². The third-order valence-electron chi connectivity index (χ3n) is 3.68. The normalized spacial score (nSPS) is 12.3. The van der Waals surface area contributed by atoms with E-state index in [9.17, 15) is 4.79 Å². The van der Waals surface area contributed by atoms with E-state index in [0.29, 0.717) is 13.0 Å². The van der Waals surface area contributed by atoms with Gasteiger partial charge in [0.05, 0.1) is 6.61 Å². The highest BCUT2D eigenvalue weighted by Gasteiger charge is 2.13. The van der Waals surface area contributed by atoms with Crippen LogP contribution in [0.5, 0.6) is 0 Å². The Hall–Kier alpha value is -0.220. The highest BCUT2D eigenvalue weighted by Crippen LogP contribution is 2.10. The number of carbonyl (C=O) groups excluding carboxylic acids is 1. The third kappa shape index (κ3) is 14.5. The lowest BCUT2D eigenvalue weighted by Gasteiger charge is -2.10. The van der Waals surface area contributed by atoms with Gasteiger partial charge in [0, 0.05) is 0 Å². The van der Waals surface area contributed by atoms with E-state index in [1.165, 1.54) is 51.4 Å². The van der Waals surface area contributed by atoms with Crippen LogP contribution in [-0.4, -0.2) is 30.6 Å². The van der Waals surface area contributed by atoms with Gasteiger partial charge < -0.3 is 10.5 Å². The van der Waals surface area contributed by atoms with Gasteiger partial charge in [0.1, 0.15) is 6.04 Å². The molecular weight excluding hydrogens is 282 g/mol. The molecule has 0 spiro atoms. The van der Waals surface area contributed by atoms with Crippen molar-refractivity contribution >= 4 is 17.7 Å². The molecule has 0 aromatic rings. The second-order valence-electron chi connectivity index (χ2n) is 5.74. The van der Waals surface area contributed by atoms with Crippen LogP contribution in [0, 0.1) is 0 Å². The van der Waals surface area contributed by atoms with Gasteiger partial charge in [-0.25, -0.2) is 0 Å². The smallest absolute Gasteiger partial charge is 0.322 e. The molecule has 0 heterocycles. The van der Waals surface area contributed by atoms with E-state index in [2.05, 4.69) is 6.92 Å². The predicted molar refractivity (Wildman–Crippen MR) is 93.8 cm³/mol. The van der Waals surface area contributed by atoms with Gasteiger partial charge in [-0.15, -0.1) is 0 Å². The van der Waals surface area contributed by atoms with Crippen molar-refractivity contribution < 1.29 is 9.53 Å². The molecule has 0 fully saturated rings. The zero-order valence-electron chi connectivity index (χ0n) is 14.1. The van der Waals surface area contributed by atoms with E-state index >= 15 is 0 Å². The monoisotopic (exact) mass is 317 g/mol. The van der Waals surface area contributed by atoms with Crippen LogP contribution < -0.4 is 5.73 Å². The molecule has 0 saturated heterocycles. The number of carbonyl (C=O) groups is 1. The topological polar surface area (TPSA) is 52.3 Å². The second-order valence-corrected chi connectivity index (χ2v) is 6.72. The third-order valence-corrected chi connectivity index (χ3v) is 4.32. The minimum Gasteiger partial charge on any atom is -0.465 e. The second kappa shape index (κ2) is 16.2. The Morgan fingerprint density at radius 2 is 1.52 bits per heavy atom. The van der Waals surface area contributed by atoms with Gasteiger partial charge in [-0.1, -0.05) is 64.7 Å². The standard InChI is InChI=1S/C17H35NO2S/c1-3-4-5-6-7-8-9-10-11-12-14-20-17(19)16(18)13-15-21-2/h16H,3-15,18H2,1-2H3/t16-/m1/s1. The summed E-state index contributed by atoms with van der Waals surface area (Å²) >= 11 is 1.71. The summed E-state index contributed by atoms with van der Waals surface area (Å²) in [6, 6.07) is -0.444. The van der Waals surface area contributed by atoms with Crippen molar-refractivity contribution in [2.75, 3.05) is 18.6 Å². The van der Waals surface area contributed by atoms with Crippen LogP contribution in [0.1, 0.15) is 77.6 Å². The minimum absolute atomic E-state index is 0.236. The lowest BCUT2D eigenvalue weighted by atomic mass is 10.1. The first-order valence-corrected chi connectivity index (χ1v) is 10.0.